The van der Waals surface area contributed by atoms with Crippen molar-refractivity contribution in [1.82, 2.24) is 0 Å². The number of carboxylic acid groups (broad SMARTS) is 1. The first-order valence-corrected chi connectivity index (χ1v) is 7.70. The van der Waals surface area contributed by atoms with Gasteiger partial charge in [0, 0.05) is 10.9 Å². The molecule has 1 unspecified atom stereocenters. The minimum Gasteiger partial charge on any atom is -0.478 e. The molecule has 120 valence electrons. The molecule has 0 aliphatic rings. The molecule has 0 fully saturated rings. The van der Waals surface area contributed by atoms with Crippen LogP contribution in [0.1, 0.15) is 22.8 Å². The number of carbonyl (C=O) groups excluding carboxylic acids is 1. The number of hydrogen-bond acceptors (Lipinski definition) is 2. The Balaban J connectivity index is 2.07. The number of nitrogens with one attached hydrogen (secondary N) is 1. The van der Waals surface area contributed by atoms with Crippen molar-refractivity contribution in [1.29, 1.82) is 0 Å². The molecule has 2 rings (SSSR count). The molecule has 0 aliphatic heterocycles. The zero-order valence-electron chi connectivity index (χ0n) is 12.3. The first kappa shape index (κ1) is 17.3. The second kappa shape index (κ2) is 7.49. The topological polar surface area (TPSA) is 66.4 Å². The highest BCUT2D eigenvalue weighted by atomic mass is 35.5. The van der Waals surface area contributed by atoms with E-state index in [1.807, 2.05) is 12.1 Å². The number of hydrogen-bond donors (Lipinski definition) is 2. The Morgan fingerprint density at radius 1 is 1.13 bits per heavy atom. The molecule has 0 saturated carbocycles. The molecule has 0 aromatic heterocycles. The van der Waals surface area contributed by atoms with Gasteiger partial charge in [0.25, 0.3) is 0 Å². The van der Waals surface area contributed by atoms with Crippen LogP contribution in [0.5, 0.6) is 0 Å². The summed E-state index contributed by atoms with van der Waals surface area (Å²) >= 11 is 11.8. The number of benzene rings is 2. The number of halogens is 2. The highest BCUT2D eigenvalue weighted by Gasteiger charge is 2.16. The summed E-state index contributed by atoms with van der Waals surface area (Å²) in [4.78, 5) is 23.3. The van der Waals surface area contributed by atoms with Crippen LogP contribution in [0.3, 0.4) is 0 Å². The van der Waals surface area contributed by atoms with Crippen molar-refractivity contribution in [2.24, 2.45) is 5.92 Å². The van der Waals surface area contributed by atoms with Crippen LogP contribution in [0.4, 0.5) is 5.69 Å². The Morgan fingerprint density at radius 2 is 1.78 bits per heavy atom. The normalized spacial score (nSPS) is 11.8. The van der Waals surface area contributed by atoms with Gasteiger partial charge in [-0.25, -0.2) is 4.79 Å². The fourth-order valence-electron chi connectivity index (χ4n) is 2.08. The third kappa shape index (κ3) is 4.71. The maximum Gasteiger partial charge on any atom is 0.335 e. The molecule has 4 nitrogen and oxygen atoms in total. The van der Waals surface area contributed by atoms with Crippen molar-refractivity contribution in [2.75, 3.05) is 5.32 Å². The van der Waals surface area contributed by atoms with Crippen LogP contribution >= 0.6 is 23.2 Å². The molecule has 2 N–H and O–H groups in total. The molecule has 6 heteroatoms. The predicted molar refractivity (Wildman–Crippen MR) is 91.4 cm³/mol. The monoisotopic (exact) mass is 351 g/mol. The van der Waals surface area contributed by atoms with Gasteiger partial charge in [0.05, 0.1) is 16.3 Å². The van der Waals surface area contributed by atoms with Gasteiger partial charge in [0.15, 0.2) is 0 Å². The molecule has 2 aromatic carbocycles. The molecule has 2 aromatic rings. The van der Waals surface area contributed by atoms with E-state index < -0.39 is 5.97 Å². The van der Waals surface area contributed by atoms with E-state index in [1.165, 1.54) is 18.2 Å². The minimum atomic E-state index is -1.08. The SMILES string of the molecule is CC(Cc1ccc(Cl)cc1)C(=O)Nc1cc(C(=O)O)ccc1Cl. The Hall–Kier alpha value is -2.04. The lowest BCUT2D eigenvalue weighted by Gasteiger charge is -2.14. The number of amides is 1. The maximum absolute atomic E-state index is 12.3. The van der Waals surface area contributed by atoms with E-state index in [2.05, 4.69) is 5.32 Å². The quantitative estimate of drug-likeness (QED) is 0.832. The van der Waals surface area contributed by atoms with Gasteiger partial charge >= 0.3 is 5.97 Å². The van der Waals surface area contributed by atoms with Crippen LogP contribution in [0.25, 0.3) is 0 Å². The number of rotatable bonds is 5. The number of carbonyl (C=O) groups is 2. The van der Waals surface area contributed by atoms with Crippen molar-refractivity contribution in [3.63, 3.8) is 0 Å². The smallest absolute Gasteiger partial charge is 0.335 e. The van der Waals surface area contributed by atoms with Crippen LogP contribution < -0.4 is 5.32 Å². The largest absolute Gasteiger partial charge is 0.478 e. The summed E-state index contributed by atoms with van der Waals surface area (Å²) < 4.78 is 0. The second-order valence-corrected chi connectivity index (χ2v) is 6.06. The highest BCUT2D eigenvalue weighted by molar-refractivity contribution is 6.34. The van der Waals surface area contributed by atoms with Crippen LogP contribution in [0.15, 0.2) is 42.5 Å². The van der Waals surface area contributed by atoms with Crippen molar-refractivity contribution in [3.8, 4) is 0 Å². The fourth-order valence-corrected chi connectivity index (χ4v) is 2.37. The van der Waals surface area contributed by atoms with Gasteiger partial charge in [-0.05, 0) is 42.3 Å². The van der Waals surface area contributed by atoms with Crippen molar-refractivity contribution in [3.05, 3.63) is 63.6 Å². The summed E-state index contributed by atoms with van der Waals surface area (Å²) in [5.41, 5.74) is 1.34. The number of aromatic carboxylic acids is 1. The second-order valence-electron chi connectivity index (χ2n) is 5.22. The fraction of sp³-hybridized carbons (Fsp3) is 0.176. The van der Waals surface area contributed by atoms with Crippen molar-refractivity contribution < 1.29 is 14.7 Å². The molecule has 0 spiro atoms. The lowest BCUT2D eigenvalue weighted by molar-refractivity contribution is -0.119. The minimum absolute atomic E-state index is 0.0649. The summed E-state index contributed by atoms with van der Waals surface area (Å²) in [7, 11) is 0. The third-order valence-corrected chi connectivity index (χ3v) is 3.96. The Morgan fingerprint density at radius 3 is 2.39 bits per heavy atom. The lowest BCUT2D eigenvalue weighted by Crippen LogP contribution is -2.22. The van der Waals surface area contributed by atoms with E-state index in [0.29, 0.717) is 22.2 Å². The van der Waals surface area contributed by atoms with E-state index in [4.69, 9.17) is 28.3 Å². The number of carboxylic acids is 1. The summed E-state index contributed by atoms with van der Waals surface area (Å²) in [6, 6.07) is 11.5. The van der Waals surface area contributed by atoms with Crippen LogP contribution in [-0.4, -0.2) is 17.0 Å². The molecule has 0 aliphatic carbocycles. The zero-order valence-corrected chi connectivity index (χ0v) is 13.9. The summed E-state index contributed by atoms with van der Waals surface area (Å²) in [5, 5.41) is 12.6. The maximum atomic E-state index is 12.3. The molecule has 23 heavy (non-hydrogen) atoms. The Bertz CT molecular complexity index is 729. The van der Waals surface area contributed by atoms with E-state index in [0.717, 1.165) is 5.56 Å². The van der Waals surface area contributed by atoms with Crippen molar-refractivity contribution >= 4 is 40.8 Å². The van der Waals surface area contributed by atoms with Gasteiger partial charge in [-0.15, -0.1) is 0 Å². The zero-order chi connectivity index (χ0) is 17.0. The van der Waals surface area contributed by atoms with Crippen molar-refractivity contribution in [2.45, 2.75) is 13.3 Å². The molecular weight excluding hydrogens is 337 g/mol. The van der Waals surface area contributed by atoms with Gasteiger partial charge in [-0.3, -0.25) is 4.79 Å². The summed E-state index contributed by atoms with van der Waals surface area (Å²) in [5.74, 6) is -1.61. The first-order chi connectivity index (χ1) is 10.9. The van der Waals surface area contributed by atoms with Gasteiger partial charge in [-0.1, -0.05) is 42.3 Å². The average Bonchev–Trinajstić information content (AvgIpc) is 2.51. The number of anilines is 1. The van der Waals surface area contributed by atoms with Gasteiger partial charge in [0.2, 0.25) is 5.91 Å². The molecule has 0 saturated heterocycles. The summed E-state index contributed by atoms with van der Waals surface area (Å²) in [6.45, 7) is 1.79. The Kier molecular flexibility index (Phi) is 5.64. The molecule has 1 atom stereocenters. The average molecular weight is 352 g/mol. The lowest BCUT2D eigenvalue weighted by atomic mass is 10.0. The Labute approximate surface area is 144 Å². The molecule has 0 heterocycles. The third-order valence-electron chi connectivity index (χ3n) is 3.37. The highest BCUT2D eigenvalue weighted by Crippen LogP contribution is 2.24. The van der Waals surface area contributed by atoms with E-state index >= 15 is 0 Å². The molecule has 0 radical (unpaired) electrons. The summed E-state index contributed by atoms with van der Waals surface area (Å²) in [6.07, 6.45) is 0.541. The molecular formula is C17H15Cl2NO3. The standard InChI is InChI=1S/C17H15Cl2NO3/c1-10(8-11-2-5-13(18)6-3-11)16(21)20-15-9-12(17(22)23)4-7-14(15)19/h2-7,9-10H,8H2,1H3,(H,20,21)(H,22,23). The predicted octanol–water partition coefficient (Wildman–Crippen LogP) is 4.51. The van der Waals surface area contributed by atoms with E-state index in [9.17, 15) is 9.59 Å². The van der Waals surface area contributed by atoms with Crippen LogP contribution in [-0.2, 0) is 11.2 Å². The van der Waals surface area contributed by atoms with Gasteiger partial charge < -0.3 is 10.4 Å². The van der Waals surface area contributed by atoms with Crippen LogP contribution in [0, 0.1) is 5.92 Å². The molecule has 0 bridgehead atoms. The van der Waals surface area contributed by atoms with E-state index in [1.54, 1.807) is 19.1 Å². The van der Waals surface area contributed by atoms with Gasteiger partial charge in [0.1, 0.15) is 0 Å². The van der Waals surface area contributed by atoms with Gasteiger partial charge in [-0.2, -0.15) is 0 Å². The molecule has 1 amide bonds. The van der Waals surface area contributed by atoms with Crippen LogP contribution in [0.2, 0.25) is 10.0 Å². The first-order valence-electron chi connectivity index (χ1n) is 6.95. The van der Waals surface area contributed by atoms with E-state index in [-0.39, 0.29) is 17.4 Å².